The second kappa shape index (κ2) is 16.7. The molecule has 0 amide bonds. The molecule has 0 fully saturated rings. The second-order valence-electron chi connectivity index (χ2n) is 10.3. The Labute approximate surface area is 239 Å². The first-order chi connectivity index (χ1) is 19.5. The molecule has 0 aliphatic rings. The molecule has 40 heavy (non-hydrogen) atoms. The van der Waals surface area contributed by atoms with Gasteiger partial charge in [-0.2, -0.15) is 0 Å². The maximum atomic E-state index is 12.8. The van der Waals surface area contributed by atoms with E-state index in [9.17, 15) is 9.59 Å². The molecular formula is C34H46O6. The van der Waals surface area contributed by atoms with Gasteiger partial charge in [-0.15, -0.1) is 0 Å². The molecule has 0 N–H and O–H groups in total. The van der Waals surface area contributed by atoms with Crippen molar-refractivity contribution in [3.63, 3.8) is 0 Å². The molecule has 3 aromatic rings. The molecule has 0 heterocycles. The minimum absolute atomic E-state index is 0.324. The first-order valence-electron chi connectivity index (χ1n) is 15.2. The minimum atomic E-state index is -0.724. The number of hydrogen-bond donors (Lipinski definition) is 0. The molecular weight excluding hydrogens is 504 g/mol. The highest BCUT2D eigenvalue weighted by Crippen LogP contribution is 2.45. The van der Waals surface area contributed by atoms with Gasteiger partial charge in [-0.25, -0.2) is 9.59 Å². The van der Waals surface area contributed by atoms with E-state index in [1.54, 1.807) is 0 Å². The van der Waals surface area contributed by atoms with Gasteiger partial charge in [-0.3, -0.25) is 0 Å². The number of carbonyl (C=O) groups excluding carboxylic acids is 2. The van der Waals surface area contributed by atoms with Crippen molar-refractivity contribution in [3.05, 3.63) is 47.5 Å². The summed E-state index contributed by atoms with van der Waals surface area (Å²) in [6.07, 6.45) is 10.7. The van der Waals surface area contributed by atoms with Crippen molar-refractivity contribution in [2.75, 3.05) is 13.2 Å². The Morgan fingerprint density at radius 3 is 1.65 bits per heavy atom. The lowest BCUT2D eigenvalue weighted by Gasteiger charge is -2.19. The summed E-state index contributed by atoms with van der Waals surface area (Å²) in [4.78, 5) is 25.7. The number of aryl methyl sites for hydroxylation is 2. The Hall–Kier alpha value is -3.28. The number of carbonyl (C=O) groups is 2. The number of fused-ring (bicyclic) bond motifs is 2. The molecule has 0 bridgehead atoms. The summed E-state index contributed by atoms with van der Waals surface area (Å²) in [5.74, 6) is 0.848. The third-order valence-electron chi connectivity index (χ3n) is 7.26. The van der Waals surface area contributed by atoms with E-state index < -0.39 is 12.3 Å². The normalized spacial score (nSPS) is 11.1. The molecule has 0 aliphatic heterocycles. The summed E-state index contributed by atoms with van der Waals surface area (Å²) in [5, 5.41) is 2.82. The molecule has 0 spiro atoms. The monoisotopic (exact) mass is 550 g/mol. The SMILES string of the molecule is CCCCCCCOC(=O)Oc1c2ccccc2c(OC(=O)OCCCCCCC)c2c(CC)cc(CC)cc12. The van der Waals surface area contributed by atoms with Crippen LogP contribution < -0.4 is 9.47 Å². The van der Waals surface area contributed by atoms with Gasteiger partial charge in [0, 0.05) is 21.5 Å². The first kappa shape index (κ1) is 31.3. The summed E-state index contributed by atoms with van der Waals surface area (Å²) in [5.41, 5.74) is 2.12. The van der Waals surface area contributed by atoms with Crippen LogP contribution in [0.25, 0.3) is 21.5 Å². The van der Waals surface area contributed by atoms with Crippen molar-refractivity contribution >= 4 is 33.9 Å². The predicted octanol–water partition coefficient (Wildman–Crippen LogP) is 10.1. The highest BCUT2D eigenvalue weighted by molar-refractivity contribution is 6.13. The van der Waals surface area contributed by atoms with Crippen molar-refractivity contribution in [2.24, 2.45) is 0 Å². The van der Waals surface area contributed by atoms with E-state index in [0.29, 0.717) is 41.9 Å². The fourth-order valence-corrected chi connectivity index (χ4v) is 5.02. The van der Waals surface area contributed by atoms with Crippen molar-refractivity contribution in [1.29, 1.82) is 0 Å². The summed E-state index contributed by atoms with van der Waals surface area (Å²) in [6, 6.07) is 11.6. The quantitative estimate of drug-likeness (QED) is 0.0765. The van der Waals surface area contributed by atoms with Crippen LogP contribution in [0.5, 0.6) is 11.5 Å². The zero-order valence-electron chi connectivity index (χ0n) is 24.8. The molecule has 0 unspecified atom stereocenters. The van der Waals surface area contributed by atoms with Crippen LogP contribution in [-0.2, 0) is 22.3 Å². The summed E-state index contributed by atoms with van der Waals surface area (Å²) < 4.78 is 22.7. The van der Waals surface area contributed by atoms with E-state index in [1.807, 2.05) is 30.3 Å². The standard InChI is InChI=1S/C34H46O6/c1-5-9-11-13-17-21-37-33(35)39-31-27-19-15-16-20-28(27)32(40-34(36)38-22-18-14-12-10-6-2)30-26(8-4)23-25(7-3)24-29(30)31/h15-16,19-20,23-24H,5-14,17-18,21-22H2,1-4H3. The Morgan fingerprint density at radius 2 is 1.12 bits per heavy atom. The molecule has 0 aromatic heterocycles. The van der Waals surface area contributed by atoms with Crippen LogP contribution in [0.15, 0.2) is 36.4 Å². The van der Waals surface area contributed by atoms with E-state index >= 15 is 0 Å². The smallest absolute Gasteiger partial charge is 0.434 e. The topological polar surface area (TPSA) is 71.1 Å². The first-order valence-corrected chi connectivity index (χ1v) is 15.2. The number of hydrogen-bond acceptors (Lipinski definition) is 6. The maximum absolute atomic E-state index is 12.8. The predicted molar refractivity (Wildman–Crippen MR) is 162 cm³/mol. The van der Waals surface area contributed by atoms with Crippen LogP contribution in [0.4, 0.5) is 9.59 Å². The summed E-state index contributed by atoms with van der Waals surface area (Å²) in [7, 11) is 0. The second-order valence-corrected chi connectivity index (χ2v) is 10.3. The van der Waals surface area contributed by atoms with Crippen LogP contribution in [-0.4, -0.2) is 25.5 Å². The van der Waals surface area contributed by atoms with Gasteiger partial charge in [0.2, 0.25) is 0 Å². The Morgan fingerprint density at radius 1 is 0.600 bits per heavy atom. The van der Waals surface area contributed by atoms with Crippen LogP contribution in [0.1, 0.15) is 103 Å². The third kappa shape index (κ3) is 8.61. The molecule has 6 nitrogen and oxygen atoms in total. The average molecular weight is 551 g/mol. The Kier molecular flexibility index (Phi) is 13.1. The zero-order valence-corrected chi connectivity index (χ0v) is 24.8. The molecule has 0 radical (unpaired) electrons. The third-order valence-corrected chi connectivity index (χ3v) is 7.26. The molecule has 0 saturated carbocycles. The number of unbranched alkanes of at least 4 members (excludes halogenated alkanes) is 8. The van der Waals surface area contributed by atoms with E-state index in [4.69, 9.17) is 18.9 Å². The molecule has 0 aliphatic carbocycles. The summed E-state index contributed by atoms with van der Waals surface area (Å²) in [6.45, 7) is 9.14. The molecule has 218 valence electrons. The van der Waals surface area contributed by atoms with E-state index in [2.05, 4.69) is 33.8 Å². The van der Waals surface area contributed by atoms with E-state index in [-0.39, 0.29) is 0 Å². The van der Waals surface area contributed by atoms with E-state index in [0.717, 1.165) is 66.8 Å². The van der Waals surface area contributed by atoms with Gasteiger partial charge < -0.3 is 18.9 Å². The zero-order chi connectivity index (χ0) is 28.7. The fraction of sp³-hybridized carbons (Fsp3) is 0.529. The molecule has 3 aromatic carbocycles. The van der Waals surface area contributed by atoms with Crippen molar-refractivity contribution < 1.29 is 28.5 Å². The van der Waals surface area contributed by atoms with Crippen LogP contribution in [0.2, 0.25) is 0 Å². The average Bonchev–Trinajstić information content (AvgIpc) is 2.97. The lowest BCUT2D eigenvalue weighted by Crippen LogP contribution is -2.14. The van der Waals surface area contributed by atoms with Gasteiger partial charge in [0.15, 0.2) is 5.75 Å². The molecule has 0 saturated heterocycles. The van der Waals surface area contributed by atoms with Gasteiger partial charge in [-0.05, 0) is 42.9 Å². The van der Waals surface area contributed by atoms with Crippen molar-refractivity contribution in [1.82, 2.24) is 0 Å². The van der Waals surface area contributed by atoms with Gasteiger partial charge in [0.05, 0.1) is 13.2 Å². The molecule has 6 heteroatoms. The van der Waals surface area contributed by atoms with Gasteiger partial charge in [0.1, 0.15) is 5.75 Å². The number of benzene rings is 3. The fourth-order valence-electron chi connectivity index (χ4n) is 5.02. The van der Waals surface area contributed by atoms with Crippen molar-refractivity contribution in [3.8, 4) is 11.5 Å². The number of rotatable bonds is 16. The number of ether oxygens (including phenoxy) is 4. The van der Waals surface area contributed by atoms with Crippen LogP contribution in [0.3, 0.4) is 0 Å². The maximum Gasteiger partial charge on any atom is 0.513 e. The van der Waals surface area contributed by atoms with Crippen LogP contribution >= 0.6 is 0 Å². The minimum Gasteiger partial charge on any atom is -0.434 e. The molecule has 0 atom stereocenters. The van der Waals surface area contributed by atoms with E-state index in [1.165, 1.54) is 25.7 Å². The lowest BCUT2D eigenvalue weighted by atomic mass is 9.93. The van der Waals surface area contributed by atoms with Crippen LogP contribution in [0, 0.1) is 0 Å². The lowest BCUT2D eigenvalue weighted by molar-refractivity contribution is 0.0965. The molecule has 3 rings (SSSR count). The van der Waals surface area contributed by atoms with Gasteiger partial charge in [-0.1, -0.05) is 109 Å². The van der Waals surface area contributed by atoms with Gasteiger partial charge >= 0.3 is 12.3 Å². The highest BCUT2D eigenvalue weighted by atomic mass is 16.7. The van der Waals surface area contributed by atoms with Gasteiger partial charge in [0.25, 0.3) is 0 Å². The summed E-state index contributed by atoms with van der Waals surface area (Å²) >= 11 is 0. The Balaban J connectivity index is 1.94. The Bertz CT molecular complexity index is 1250. The van der Waals surface area contributed by atoms with Crippen molar-refractivity contribution in [2.45, 2.75) is 105 Å². The highest BCUT2D eigenvalue weighted by Gasteiger charge is 2.23. The largest absolute Gasteiger partial charge is 0.513 e.